The average molecular weight is 236 g/mol. The molecular weight excluding hydrogens is 220 g/mol. The van der Waals surface area contributed by atoms with Gasteiger partial charge in [0.05, 0.1) is 19.1 Å². The van der Waals surface area contributed by atoms with Crippen molar-refractivity contribution >= 4 is 11.8 Å². The van der Waals surface area contributed by atoms with E-state index in [0.717, 1.165) is 5.56 Å². The van der Waals surface area contributed by atoms with E-state index in [-0.39, 0.29) is 18.8 Å². The van der Waals surface area contributed by atoms with Gasteiger partial charge in [-0.3, -0.25) is 4.79 Å². The molecule has 0 saturated carbocycles. The molecule has 1 aromatic rings. The van der Waals surface area contributed by atoms with Crippen molar-refractivity contribution in [1.82, 2.24) is 0 Å². The van der Waals surface area contributed by atoms with Gasteiger partial charge in [0, 0.05) is 6.42 Å². The minimum absolute atomic E-state index is 0.0180. The van der Waals surface area contributed by atoms with Gasteiger partial charge in [-0.1, -0.05) is 30.3 Å². The normalized spacial score (nSPS) is 12.1. The first-order valence-corrected chi connectivity index (χ1v) is 5.43. The van der Waals surface area contributed by atoms with Crippen molar-refractivity contribution in [1.29, 1.82) is 0 Å². The smallest absolute Gasteiger partial charge is 0.309 e. The van der Waals surface area contributed by atoms with Crippen LogP contribution in [0.2, 0.25) is 0 Å². The molecule has 0 fully saturated rings. The second-order valence-electron chi connectivity index (χ2n) is 3.94. The molecule has 0 bridgehead atoms. The predicted molar refractivity (Wildman–Crippen MR) is 62.5 cm³/mol. The van der Waals surface area contributed by atoms with Crippen LogP contribution in [-0.4, -0.2) is 23.5 Å². The molecule has 0 aliphatic carbocycles. The lowest BCUT2D eigenvalue weighted by molar-refractivity contribution is -0.146. The zero-order valence-corrected chi connectivity index (χ0v) is 9.76. The van der Waals surface area contributed by atoms with Gasteiger partial charge >= 0.3 is 5.97 Å². The SMILES string of the molecule is CC(=O)CC(COCc1ccccc1)C(=O)O. The van der Waals surface area contributed by atoms with Gasteiger partial charge in [-0.15, -0.1) is 0 Å². The first-order valence-electron chi connectivity index (χ1n) is 5.43. The number of rotatable bonds is 7. The van der Waals surface area contributed by atoms with Crippen molar-refractivity contribution in [3.05, 3.63) is 35.9 Å². The summed E-state index contributed by atoms with van der Waals surface area (Å²) in [4.78, 5) is 21.7. The number of hydrogen-bond donors (Lipinski definition) is 1. The standard InChI is InChI=1S/C13H16O4/c1-10(14)7-12(13(15)16)9-17-8-11-5-3-2-4-6-11/h2-6,12H,7-9H2,1H3,(H,15,16). The molecular formula is C13H16O4. The van der Waals surface area contributed by atoms with Crippen molar-refractivity contribution < 1.29 is 19.4 Å². The summed E-state index contributed by atoms with van der Waals surface area (Å²) in [6.45, 7) is 1.81. The number of ketones is 1. The maximum absolute atomic E-state index is 10.9. The number of Topliss-reactive ketones (excluding diaryl/α,β-unsaturated/α-hetero) is 1. The van der Waals surface area contributed by atoms with Gasteiger partial charge in [0.1, 0.15) is 5.78 Å². The van der Waals surface area contributed by atoms with Crippen LogP contribution in [0, 0.1) is 5.92 Å². The Morgan fingerprint density at radius 2 is 1.94 bits per heavy atom. The van der Waals surface area contributed by atoms with E-state index in [4.69, 9.17) is 9.84 Å². The van der Waals surface area contributed by atoms with Crippen molar-refractivity contribution in [2.75, 3.05) is 6.61 Å². The van der Waals surface area contributed by atoms with Gasteiger partial charge in [0.2, 0.25) is 0 Å². The fourth-order valence-electron chi connectivity index (χ4n) is 1.46. The number of aliphatic carboxylic acids is 1. The molecule has 1 N–H and O–H groups in total. The molecule has 0 spiro atoms. The number of carbonyl (C=O) groups excluding carboxylic acids is 1. The summed E-state index contributed by atoms with van der Waals surface area (Å²) in [6.07, 6.45) is 0.0180. The molecule has 0 amide bonds. The topological polar surface area (TPSA) is 63.6 Å². The fourth-order valence-corrected chi connectivity index (χ4v) is 1.46. The Kier molecular flexibility index (Phi) is 5.36. The molecule has 1 unspecified atom stereocenters. The number of carboxylic acids is 1. The number of hydrogen-bond acceptors (Lipinski definition) is 3. The number of carboxylic acid groups (broad SMARTS) is 1. The minimum Gasteiger partial charge on any atom is -0.481 e. The highest BCUT2D eigenvalue weighted by molar-refractivity contribution is 5.82. The summed E-state index contributed by atoms with van der Waals surface area (Å²) in [7, 11) is 0. The van der Waals surface area contributed by atoms with E-state index >= 15 is 0 Å². The van der Waals surface area contributed by atoms with E-state index < -0.39 is 11.9 Å². The van der Waals surface area contributed by atoms with E-state index in [1.54, 1.807) is 0 Å². The lowest BCUT2D eigenvalue weighted by Crippen LogP contribution is -2.22. The van der Waals surface area contributed by atoms with Crippen LogP contribution in [0.3, 0.4) is 0 Å². The second kappa shape index (κ2) is 6.81. The molecule has 4 heteroatoms. The Bertz CT molecular complexity index is 372. The third kappa shape index (κ3) is 5.26. The third-order valence-corrected chi connectivity index (χ3v) is 2.31. The molecule has 1 aromatic carbocycles. The molecule has 17 heavy (non-hydrogen) atoms. The lowest BCUT2D eigenvalue weighted by Gasteiger charge is -2.11. The minimum atomic E-state index is -0.992. The highest BCUT2D eigenvalue weighted by Gasteiger charge is 2.19. The maximum atomic E-state index is 10.9. The van der Waals surface area contributed by atoms with Gasteiger partial charge in [-0.25, -0.2) is 0 Å². The zero-order chi connectivity index (χ0) is 12.7. The fraction of sp³-hybridized carbons (Fsp3) is 0.385. The molecule has 0 aliphatic heterocycles. The lowest BCUT2D eigenvalue weighted by atomic mass is 10.0. The summed E-state index contributed by atoms with van der Waals surface area (Å²) in [6, 6.07) is 9.49. The van der Waals surface area contributed by atoms with E-state index in [0.29, 0.717) is 6.61 Å². The first-order chi connectivity index (χ1) is 8.09. The van der Waals surface area contributed by atoms with Crippen LogP contribution in [0.4, 0.5) is 0 Å². The van der Waals surface area contributed by atoms with Gasteiger partial charge in [-0.2, -0.15) is 0 Å². The number of ether oxygens (including phenoxy) is 1. The van der Waals surface area contributed by atoms with E-state index in [9.17, 15) is 9.59 Å². The van der Waals surface area contributed by atoms with Gasteiger partial charge in [0.25, 0.3) is 0 Å². The Labute approximate surface area is 100 Å². The Balaban J connectivity index is 2.37. The highest BCUT2D eigenvalue weighted by Crippen LogP contribution is 2.07. The van der Waals surface area contributed by atoms with Crippen LogP contribution in [0.5, 0.6) is 0 Å². The first kappa shape index (κ1) is 13.4. The summed E-state index contributed by atoms with van der Waals surface area (Å²) in [5.74, 6) is -1.88. The molecule has 1 rings (SSSR count). The zero-order valence-electron chi connectivity index (χ0n) is 9.76. The quantitative estimate of drug-likeness (QED) is 0.785. The van der Waals surface area contributed by atoms with Crippen molar-refractivity contribution in [2.45, 2.75) is 20.0 Å². The van der Waals surface area contributed by atoms with E-state index in [1.165, 1.54) is 6.92 Å². The molecule has 4 nitrogen and oxygen atoms in total. The van der Waals surface area contributed by atoms with Crippen molar-refractivity contribution in [2.24, 2.45) is 5.92 Å². The largest absolute Gasteiger partial charge is 0.481 e. The predicted octanol–water partition coefficient (Wildman–Crippen LogP) is 1.88. The number of carbonyl (C=O) groups is 2. The molecule has 92 valence electrons. The van der Waals surface area contributed by atoms with Crippen LogP contribution < -0.4 is 0 Å². The molecule has 0 radical (unpaired) electrons. The Morgan fingerprint density at radius 1 is 1.29 bits per heavy atom. The van der Waals surface area contributed by atoms with Gasteiger partial charge in [-0.05, 0) is 12.5 Å². The Hall–Kier alpha value is -1.68. The highest BCUT2D eigenvalue weighted by atomic mass is 16.5. The van der Waals surface area contributed by atoms with E-state index in [1.807, 2.05) is 30.3 Å². The summed E-state index contributed by atoms with van der Waals surface area (Å²) in [5, 5.41) is 8.89. The molecule has 1 atom stereocenters. The van der Waals surface area contributed by atoms with Crippen LogP contribution in [0.15, 0.2) is 30.3 Å². The van der Waals surface area contributed by atoms with Crippen molar-refractivity contribution in [3.63, 3.8) is 0 Å². The summed E-state index contributed by atoms with van der Waals surface area (Å²) in [5.41, 5.74) is 0.986. The van der Waals surface area contributed by atoms with Crippen LogP contribution in [0.25, 0.3) is 0 Å². The summed E-state index contributed by atoms with van der Waals surface area (Å²) < 4.78 is 5.31. The monoisotopic (exact) mass is 236 g/mol. The summed E-state index contributed by atoms with van der Waals surface area (Å²) >= 11 is 0. The van der Waals surface area contributed by atoms with Crippen LogP contribution in [-0.2, 0) is 20.9 Å². The van der Waals surface area contributed by atoms with Crippen LogP contribution in [0.1, 0.15) is 18.9 Å². The van der Waals surface area contributed by atoms with Crippen molar-refractivity contribution in [3.8, 4) is 0 Å². The number of benzene rings is 1. The van der Waals surface area contributed by atoms with E-state index in [2.05, 4.69) is 0 Å². The second-order valence-corrected chi connectivity index (χ2v) is 3.94. The molecule has 0 heterocycles. The van der Waals surface area contributed by atoms with Crippen LogP contribution >= 0.6 is 0 Å². The molecule has 0 aromatic heterocycles. The average Bonchev–Trinajstić information content (AvgIpc) is 2.28. The van der Waals surface area contributed by atoms with Gasteiger partial charge in [0.15, 0.2) is 0 Å². The maximum Gasteiger partial charge on any atom is 0.309 e. The third-order valence-electron chi connectivity index (χ3n) is 2.31. The molecule has 0 saturated heterocycles. The Morgan fingerprint density at radius 3 is 2.47 bits per heavy atom. The molecule has 0 aliphatic rings. The van der Waals surface area contributed by atoms with Gasteiger partial charge < -0.3 is 14.6 Å².